The highest BCUT2D eigenvalue weighted by molar-refractivity contribution is 5.89. The molecule has 116 valence electrons. The van der Waals surface area contributed by atoms with E-state index in [1.54, 1.807) is 44.6 Å². The first kappa shape index (κ1) is 15.7. The number of rotatable bonds is 6. The summed E-state index contributed by atoms with van der Waals surface area (Å²) in [7, 11) is 4.53. The molecule has 22 heavy (non-hydrogen) atoms. The molecule has 0 aliphatic rings. The molecule has 2 rings (SSSR count). The van der Waals surface area contributed by atoms with Gasteiger partial charge in [-0.25, -0.2) is 4.79 Å². The van der Waals surface area contributed by atoms with Crippen LogP contribution in [-0.4, -0.2) is 27.3 Å². The Kier molecular flexibility index (Phi) is 5.25. The predicted octanol–water partition coefficient (Wildman–Crippen LogP) is 3.07. The molecular weight excluding hydrogens is 284 g/mol. The molecule has 0 aliphatic carbocycles. The normalized spacial score (nSPS) is 9.95. The molecule has 0 atom stereocenters. The van der Waals surface area contributed by atoms with E-state index >= 15 is 0 Å². The summed E-state index contributed by atoms with van der Waals surface area (Å²) in [6.07, 6.45) is 0. The van der Waals surface area contributed by atoms with Gasteiger partial charge in [0, 0.05) is 18.2 Å². The van der Waals surface area contributed by atoms with Gasteiger partial charge in [-0.15, -0.1) is 0 Å². The van der Waals surface area contributed by atoms with Crippen molar-refractivity contribution in [3.63, 3.8) is 0 Å². The van der Waals surface area contributed by atoms with E-state index in [1.807, 2.05) is 12.1 Å². The summed E-state index contributed by atoms with van der Waals surface area (Å²) in [4.78, 5) is 11.4. The molecule has 5 nitrogen and oxygen atoms in total. The topological polar surface area (TPSA) is 54.0 Å². The maximum Gasteiger partial charge on any atom is 0.337 e. The van der Waals surface area contributed by atoms with E-state index in [9.17, 15) is 4.79 Å². The molecular formula is C17H18O5. The van der Waals surface area contributed by atoms with Gasteiger partial charge in [-0.1, -0.05) is 12.1 Å². The fourth-order valence-corrected chi connectivity index (χ4v) is 1.89. The van der Waals surface area contributed by atoms with Gasteiger partial charge in [0.25, 0.3) is 0 Å². The highest BCUT2D eigenvalue weighted by atomic mass is 16.5. The molecule has 0 amide bonds. The van der Waals surface area contributed by atoms with Crippen LogP contribution in [0.1, 0.15) is 15.9 Å². The molecule has 0 heterocycles. The van der Waals surface area contributed by atoms with E-state index in [-0.39, 0.29) is 5.97 Å². The van der Waals surface area contributed by atoms with Crippen LogP contribution < -0.4 is 14.2 Å². The van der Waals surface area contributed by atoms with Crippen LogP contribution in [0.4, 0.5) is 0 Å². The molecule has 0 bridgehead atoms. The first-order valence-corrected chi connectivity index (χ1v) is 6.69. The Bertz CT molecular complexity index is 612. The summed E-state index contributed by atoms with van der Waals surface area (Å²) < 4.78 is 20.8. The molecule has 0 aromatic heterocycles. The average molecular weight is 302 g/mol. The first-order chi connectivity index (χ1) is 10.7. The van der Waals surface area contributed by atoms with E-state index in [1.165, 1.54) is 7.11 Å². The second kappa shape index (κ2) is 7.36. The maximum atomic E-state index is 11.4. The van der Waals surface area contributed by atoms with Crippen LogP contribution in [0.25, 0.3) is 0 Å². The number of hydrogen-bond donors (Lipinski definition) is 0. The van der Waals surface area contributed by atoms with Gasteiger partial charge in [-0.3, -0.25) is 0 Å². The van der Waals surface area contributed by atoms with E-state index in [0.717, 1.165) is 5.56 Å². The molecule has 0 aliphatic heterocycles. The van der Waals surface area contributed by atoms with Crippen LogP contribution in [0.3, 0.4) is 0 Å². The minimum atomic E-state index is -0.356. The lowest BCUT2D eigenvalue weighted by Crippen LogP contribution is -2.02. The average Bonchev–Trinajstić information content (AvgIpc) is 2.59. The summed E-state index contributed by atoms with van der Waals surface area (Å²) in [5.74, 6) is 1.61. The molecule has 0 radical (unpaired) electrons. The molecule has 0 N–H and O–H groups in total. The molecule has 2 aromatic rings. The zero-order valence-electron chi connectivity index (χ0n) is 12.8. The molecule has 0 saturated heterocycles. The zero-order valence-corrected chi connectivity index (χ0v) is 12.8. The Labute approximate surface area is 129 Å². The van der Waals surface area contributed by atoms with Crippen molar-refractivity contribution < 1.29 is 23.7 Å². The predicted molar refractivity (Wildman–Crippen MR) is 81.7 cm³/mol. The zero-order chi connectivity index (χ0) is 15.9. The monoisotopic (exact) mass is 302 g/mol. The lowest BCUT2D eigenvalue weighted by atomic mass is 10.1. The second-order valence-electron chi connectivity index (χ2n) is 4.53. The molecule has 0 saturated carbocycles. The van der Waals surface area contributed by atoms with Crippen LogP contribution in [0, 0.1) is 0 Å². The van der Waals surface area contributed by atoms with Gasteiger partial charge in [0.15, 0.2) is 0 Å². The van der Waals surface area contributed by atoms with Crippen molar-refractivity contribution in [2.24, 2.45) is 0 Å². The molecule has 2 aromatic carbocycles. The Hall–Kier alpha value is -2.69. The first-order valence-electron chi connectivity index (χ1n) is 6.69. The lowest BCUT2D eigenvalue weighted by molar-refractivity contribution is 0.0600. The number of hydrogen-bond acceptors (Lipinski definition) is 5. The molecule has 0 fully saturated rings. The van der Waals surface area contributed by atoms with Gasteiger partial charge in [-0.2, -0.15) is 0 Å². The Morgan fingerprint density at radius 3 is 1.91 bits per heavy atom. The fourth-order valence-electron chi connectivity index (χ4n) is 1.89. The van der Waals surface area contributed by atoms with Crippen molar-refractivity contribution in [2.45, 2.75) is 6.61 Å². The smallest absolute Gasteiger partial charge is 0.337 e. The van der Waals surface area contributed by atoms with Gasteiger partial charge in [0.05, 0.1) is 26.9 Å². The van der Waals surface area contributed by atoms with Crippen LogP contribution in [0.15, 0.2) is 42.5 Å². The van der Waals surface area contributed by atoms with Gasteiger partial charge in [0.2, 0.25) is 0 Å². The van der Waals surface area contributed by atoms with Gasteiger partial charge < -0.3 is 18.9 Å². The van der Waals surface area contributed by atoms with E-state index < -0.39 is 0 Å². The highest BCUT2D eigenvalue weighted by Crippen LogP contribution is 2.27. The summed E-state index contributed by atoms with van der Waals surface area (Å²) in [5.41, 5.74) is 1.45. The third kappa shape index (κ3) is 3.91. The largest absolute Gasteiger partial charge is 0.496 e. The summed E-state index contributed by atoms with van der Waals surface area (Å²) in [5, 5.41) is 0. The van der Waals surface area contributed by atoms with Gasteiger partial charge >= 0.3 is 5.97 Å². The Morgan fingerprint density at radius 2 is 1.41 bits per heavy atom. The van der Waals surface area contributed by atoms with E-state index in [4.69, 9.17) is 14.2 Å². The van der Waals surface area contributed by atoms with Crippen molar-refractivity contribution in [2.75, 3.05) is 21.3 Å². The third-order valence-electron chi connectivity index (χ3n) is 3.11. The second-order valence-corrected chi connectivity index (χ2v) is 4.53. The van der Waals surface area contributed by atoms with Crippen molar-refractivity contribution >= 4 is 5.97 Å². The maximum absolute atomic E-state index is 11.4. The summed E-state index contributed by atoms with van der Waals surface area (Å²) in [6.45, 7) is 0.373. The Balaban J connectivity index is 2.05. The van der Waals surface area contributed by atoms with Gasteiger partial charge in [0.1, 0.15) is 23.9 Å². The van der Waals surface area contributed by atoms with Crippen LogP contribution >= 0.6 is 0 Å². The van der Waals surface area contributed by atoms with Crippen molar-refractivity contribution in [3.8, 4) is 17.2 Å². The van der Waals surface area contributed by atoms with Crippen molar-refractivity contribution in [1.29, 1.82) is 0 Å². The third-order valence-corrected chi connectivity index (χ3v) is 3.11. The number of methoxy groups -OCH3 is 3. The quantitative estimate of drug-likeness (QED) is 0.768. The number of esters is 1. The van der Waals surface area contributed by atoms with Crippen molar-refractivity contribution in [1.82, 2.24) is 0 Å². The standard InChI is InChI=1S/C17H18O5/c1-19-14-8-15(20-2)10-16(9-14)22-11-12-4-6-13(7-5-12)17(18)21-3/h4-10H,11H2,1-3H3. The fraction of sp³-hybridized carbons (Fsp3) is 0.235. The van der Waals surface area contributed by atoms with E-state index in [0.29, 0.717) is 29.4 Å². The number of carbonyl (C=O) groups excluding carboxylic acids is 1. The molecule has 0 spiro atoms. The molecule has 0 unspecified atom stereocenters. The van der Waals surface area contributed by atoms with Crippen LogP contribution in [0.5, 0.6) is 17.2 Å². The summed E-state index contributed by atoms with van der Waals surface area (Å²) >= 11 is 0. The van der Waals surface area contributed by atoms with Crippen molar-refractivity contribution in [3.05, 3.63) is 53.6 Å². The van der Waals surface area contributed by atoms with Gasteiger partial charge in [-0.05, 0) is 17.7 Å². The highest BCUT2D eigenvalue weighted by Gasteiger charge is 2.06. The SMILES string of the molecule is COC(=O)c1ccc(COc2cc(OC)cc(OC)c2)cc1. The minimum absolute atomic E-state index is 0.356. The number of ether oxygens (including phenoxy) is 4. The lowest BCUT2D eigenvalue weighted by Gasteiger charge is -2.10. The number of carbonyl (C=O) groups is 1. The van der Waals surface area contributed by atoms with E-state index in [2.05, 4.69) is 4.74 Å². The summed E-state index contributed by atoms with van der Waals surface area (Å²) in [6, 6.07) is 12.4. The minimum Gasteiger partial charge on any atom is -0.496 e. The Morgan fingerprint density at radius 1 is 0.864 bits per heavy atom. The number of benzene rings is 2. The van der Waals surface area contributed by atoms with Crippen LogP contribution in [-0.2, 0) is 11.3 Å². The van der Waals surface area contributed by atoms with Crippen LogP contribution in [0.2, 0.25) is 0 Å². The molecule has 5 heteroatoms.